The molecule has 4 heteroatoms. The van der Waals surface area contributed by atoms with E-state index >= 15 is 0 Å². The van der Waals surface area contributed by atoms with Gasteiger partial charge in [-0.2, -0.15) is 5.26 Å². The molecule has 3 rings (SSSR count). The van der Waals surface area contributed by atoms with Crippen molar-refractivity contribution in [2.45, 2.75) is 6.61 Å². The van der Waals surface area contributed by atoms with Crippen LogP contribution in [0.2, 0.25) is 5.02 Å². The topological polar surface area (TPSA) is 33.0 Å². The molecule has 3 aromatic carbocycles. The van der Waals surface area contributed by atoms with Gasteiger partial charge in [0.1, 0.15) is 12.4 Å². The molecular formula is C22H15BrClNO. The Morgan fingerprint density at radius 3 is 2.42 bits per heavy atom. The molecule has 2 nitrogen and oxygen atoms in total. The molecule has 0 aliphatic carbocycles. The number of nitrogens with zero attached hydrogens (tertiary/aromatic N) is 1. The van der Waals surface area contributed by atoms with Gasteiger partial charge in [-0.3, -0.25) is 0 Å². The van der Waals surface area contributed by atoms with Crippen LogP contribution in [0.1, 0.15) is 16.7 Å². The number of ether oxygens (including phenoxy) is 1. The predicted molar refractivity (Wildman–Crippen MR) is 110 cm³/mol. The van der Waals surface area contributed by atoms with Crippen molar-refractivity contribution in [1.82, 2.24) is 0 Å². The third-order valence-corrected chi connectivity index (χ3v) is 4.65. The van der Waals surface area contributed by atoms with Crippen LogP contribution in [0.4, 0.5) is 0 Å². The van der Waals surface area contributed by atoms with Crippen molar-refractivity contribution in [2.24, 2.45) is 0 Å². The molecule has 26 heavy (non-hydrogen) atoms. The minimum Gasteiger partial charge on any atom is -0.488 e. The summed E-state index contributed by atoms with van der Waals surface area (Å²) in [5, 5.41) is 10.1. The zero-order valence-electron chi connectivity index (χ0n) is 13.8. The summed E-state index contributed by atoms with van der Waals surface area (Å²) < 4.78 is 6.70. The van der Waals surface area contributed by atoms with Gasteiger partial charge in [0.05, 0.1) is 16.1 Å². The first kappa shape index (κ1) is 18.3. The summed E-state index contributed by atoms with van der Waals surface area (Å²) in [7, 11) is 0. The van der Waals surface area contributed by atoms with Gasteiger partial charge in [0.25, 0.3) is 0 Å². The highest BCUT2D eigenvalue weighted by Crippen LogP contribution is 2.28. The normalized spacial score (nSPS) is 11.0. The zero-order chi connectivity index (χ0) is 18.4. The van der Waals surface area contributed by atoms with E-state index in [1.165, 1.54) is 0 Å². The molecule has 0 radical (unpaired) electrons. The van der Waals surface area contributed by atoms with Gasteiger partial charge in [0.15, 0.2) is 0 Å². The molecule has 0 spiro atoms. The molecule has 0 aliphatic heterocycles. The molecule has 0 amide bonds. The maximum absolute atomic E-state index is 9.43. The summed E-state index contributed by atoms with van der Waals surface area (Å²) in [5.74, 6) is 0.746. The van der Waals surface area contributed by atoms with Gasteiger partial charge in [-0.1, -0.05) is 60.1 Å². The van der Waals surface area contributed by atoms with Crippen LogP contribution in [0.5, 0.6) is 5.75 Å². The Balaban J connectivity index is 1.76. The quantitative estimate of drug-likeness (QED) is 0.335. The van der Waals surface area contributed by atoms with Crippen molar-refractivity contribution in [2.75, 3.05) is 0 Å². The Morgan fingerprint density at radius 1 is 1.04 bits per heavy atom. The highest BCUT2D eigenvalue weighted by molar-refractivity contribution is 9.10. The highest BCUT2D eigenvalue weighted by atomic mass is 79.9. The van der Waals surface area contributed by atoms with Gasteiger partial charge in [-0.25, -0.2) is 0 Å². The van der Waals surface area contributed by atoms with E-state index < -0.39 is 0 Å². The summed E-state index contributed by atoms with van der Waals surface area (Å²) in [5.41, 5.74) is 3.48. The van der Waals surface area contributed by atoms with Crippen LogP contribution in [0.25, 0.3) is 11.6 Å². The van der Waals surface area contributed by atoms with E-state index in [4.69, 9.17) is 16.3 Å². The summed E-state index contributed by atoms with van der Waals surface area (Å²) in [6.07, 6.45) is 1.86. The molecule has 128 valence electrons. The van der Waals surface area contributed by atoms with Crippen molar-refractivity contribution >= 4 is 39.2 Å². The molecule has 0 heterocycles. The standard InChI is InChI=1S/C22H15BrClNO/c23-21-13-17(12-19(14-25)18-4-2-1-3-5-18)8-11-22(21)26-15-16-6-9-20(24)10-7-16/h1-13H,15H2/b19-12-. The van der Waals surface area contributed by atoms with Crippen LogP contribution >= 0.6 is 27.5 Å². The number of allylic oxidation sites excluding steroid dienone is 1. The van der Waals surface area contributed by atoms with Crippen molar-refractivity contribution in [3.8, 4) is 11.8 Å². The lowest BCUT2D eigenvalue weighted by atomic mass is 10.0. The monoisotopic (exact) mass is 423 g/mol. The fourth-order valence-electron chi connectivity index (χ4n) is 2.43. The van der Waals surface area contributed by atoms with E-state index in [-0.39, 0.29) is 0 Å². The Morgan fingerprint density at radius 2 is 1.77 bits per heavy atom. The molecule has 3 aromatic rings. The lowest BCUT2D eigenvalue weighted by molar-refractivity contribution is 0.304. The Bertz CT molecular complexity index is 960. The molecular weight excluding hydrogens is 410 g/mol. The van der Waals surface area contributed by atoms with E-state index in [2.05, 4.69) is 22.0 Å². The average Bonchev–Trinajstić information content (AvgIpc) is 2.67. The van der Waals surface area contributed by atoms with Gasteiger partial charge < -0.3 is 4.74 Å². The molecule has 0 aromatic heterocycles. The predicted octanol–water partition coefficient (Wildman–Crippen LogP) is 6.75. The largest absolute Gasteiger partial charge is 0.488 e. The SMILES string of the molecule is N#C/C(=C/c1ccc(OCc2ccc(Cl)cc2)c(Br)c1)c1ccccc1. The van der Waals surface area contributed by atoms with Gasteiger partial charge in [-0.15, -0.1) is 0 Å². The second-order valence-corrected chi connectivity index (χ2v) is 6.93. The number of hydrogen-bond acceptors (Lipinski definition) is 2. The molecule has 0 saturated heterocycles. The summed E-state index contributed by atoms with van der Waals surface area (Å²) in [6, 6.07) is 25.2. The third-order valence-electron chi connectivity index (χ3n) is 3.78. The Hall–Kier alpha value is -2.54. The van der Waals surface area contributed by atoms with Crippen LogP contribution in [-0.2, 0) is 6.61 Å². The lowest BCUT2D eigenvalue weighted by Crippen LogP contribution is -1.96. The van der Waals surface area contributed by atoms with E-state index in [9.17, 15) is 5.26 Å². The van der Waals surface area contributed by atoms with Gasteiger partial charge in [0.2, 0.25) is 0 Å². The second kappa shape index (κ2) is 8.71. The first-order chi connectivity index (χ1) is 12.7. The third kappa shape index (κ3) is 4.76. The summed E-state index contributed by atoms with van der Waals surface area (Å²) in [6.45, 7) is 0.457. The minimum atomic E-state index is 0.457. The van der Waals surface area contributed by atoms with E-state index in [0.29, 0.717) is 17.2 Å². The van der Waals surface area contributed by atoms with Crippen LogP contribution in [0, 0.1) is 11.3 Å². The van der Waals surface area contributed by atoms with Crippen molar-refractivity contribution in [3.63, 3.8) is 0 Å². The van der Waals surface area contributed by atoms with Gasteiger partial charge in [0, 0.05) is 5.02 Å². The zero-order valence-corrected chi connectivity index (χ0v) is 16.2. The number of rotatable bonds is 5. The molecule has 0 atom stereocenters. The van der Waals surface area contributed by atoms with Gasteiger partial charge >= 0.3 is 0 Å². The molecule has 0 fully saturated rings. The number of nitriles is 1. The van der Waals surface area contributed by atoms with Crippen LogP contribution in [-0.4, -0.2) is 0 Å². The number of hydrogen-bond donors (Lipinski definition) is 0. The highest BCUT2D eigenvalue weighted by Gasteiger charge is 2.05. The van der Waals surface area contributed by atoms with E-state index in [0.717, 1.165) is 26.9 Å². The molecule has 0 saturated carbocycles. The molecule has 0 bridgehead atoms. The van der Waals surface area contributed by atoms with Crippen LogP contribution in [0.3, 0.4) is 0 Å². The lowest BCUT2D eigenvalue weighted by Gasteiger charge is -2.09. The first-order valence-electron chi connectivity index (χ1n) is 8.00. The Kier molecular flexibility index (Phi) is 6.12. The van der Waals surface area contributed by atoms with Crippen molar-refractivity contribution in [3.05, 3.63) is 99.0 Å². The van der Waals surface area contributed by atoms with Crippen molar-refractivity contribution < 1.29 is 4.74 Å². The maximum Gasteiger partial charge on any atom is 0.134 e. The van der Waals surface area contributed by atoms with Crippen molar-refractivity contribution in [1.29, 1.82) is 5.26 Å². The average molecular weight is 425 g/mol. The first-order valence-corrected chi connectivity index (χ1v) is 9.17. The van der Waals surface area contributed by atoms with Gasteiger partial charge in [-0.05, 0) is 63.0 Å². The van der Waals surface area contributed by atoms with E-state index in [1.807, 2.05) is 78.9 Å². The fraction of sp³-hybridized carbons (Fsp3) is 0.0455. The maximum atomic E-state index is 9.43. The molecule has 0 N–H and O–H groups in total. The minimum absolute atomic E-state index is 0.457. The fourth-order valence-corrected chi connectivity index (χ4v) is 3.07. The molecule has 0 unspecified atom stereocenters. The number of benzene rings is 3. The van der Waals surface area contributed by atoms with Crippen LogP contribution in [0.15, 0.2) is 77.3 Å². The molecule has 0 aliphatic rings. The Labute approximate surface area is 166 Å². The van der Waals surface area contributed by atoms with Crippen LogP contribution < -0.4 is 4.74 Å². The second-order valence-electron chi connectivity index (χ2n) is 5.64. The summed E-state index contributed by atoms with van der Waals surface area (Å²) >= 11 is 9.43. The van der Waals surface area contributed by atoms with E-state index in [1.54, 1.807) is 0 Å². The smallest absolute Gasteiger partial charge is 0.134 e. The number of halogens is 2. The summed E-state index contributed by atoms with van der Waals surface area (Å²) in [4.78, 5) is 0.